The van der Waals surface area contributed by atoms with Gasteiger partial charge >= 0.3 is 0 Å². The van der Waals surface area contributed by atoms with Crippen molar-refractivity contribution in [1.82, 2.24) is 8.75 Å². The van der Waals surface area contributed by atoms with Gasteiger partial charge < -0.3 is 20.6 Å². The van der Waals surface area contributed by atoms with Gasteiger partial charge in [-0.3, -0.25) is 0 Å². The molecular formula is C13H10ClN3O3S. The lowest BCUT2D eigenvalue weighted by molar-refractivity contribution is 0.365. The molecule has 0 bridgehead atoms. The number of phenolic OH excluding ortho intramolecular Hbond substituents is 3. The van der Waals surface area contributed by atoms with Gasteiger partial charge in [-0.15, -0.1) is 0 Å². The molecule has 0 atom stereocenters. The number of benzene rings is 2. The molecule has 0 spiro atoms. The van der Waals surface area contributed by atoms with E-state index in [2.05, 4.69) is 14.1 Å². The van der Waals surface area contributed by atoms with Crippen molar-refractivity contribution in [2.75, 3.05) is 5.32 Å². The summed E-state index contributed by atoms with van der Waals surface area (Å²) in [4.78, 5) is 0. The van der Waals surface area contributed by atoms with Crippen molar-refractivity contribution in [2.45, 2.75) is 6.54 Å². The monoisotopic (exact) mass is 323 g/mol. The van der Waals surface area contributed by atoms with E-state index in [0.717, 1.165) is 17.2 Å². The average Bonchev–Trinajstić information content (AvgIpc) is 2.94. The number of aromatic hydroxyl groups is 3. The summed E-state index contributed by atoms with van der Waals surface area (Å²) in [6.45, 7) is 0.204. The molecule has 0 aliphatic carbocycles. The van der Waals surface area contributed by atoms with Crippen molar-refractivity contribution in [3.05, 3.63) is 34.9 Å². The Balaban J connectivity index is 1.92. The third-order valence-electron chi connectivity index (χ3n) is 3.05. The maximum atomic E-state index is 9.79. The first kappa shape index (κ1) is 13.7. The van der Waals surface area contributed by atoms with E-state index in [9.17, 15) is 15.3 Å². The Hall–Kier alpha value is -2.25. The lowest BCUT2D eigenvalue weighted by Gasteiger charge is -2.11. The highest BCUT2D eigenvalue weighted by molar-refractivity contribution is 7.00. The molecule has 3 aromatic rings. The molecule has 21 heavy (non-hydrogen) atoms. The molecule has 0 aliphatic rings. The molecule has 2 aromatic carbocycles. The van der Waals surface area contributed by atoms with E-state index in [1.807, 2.05) is 0 Å². The molecule has 0 amide bonds. The van der Waals surface area contributed by atoms with E-state index in [-0.39, 0.29) is 18.0 Å². The van der Waals surface area contributed by atoms with Crippen LogP contribution >= 0.6 is 23.3 Å². The molecule has 6 nitrogen and oxygen atoms in total. The van der Waals surface area contributed by atoms with Crippen LogP contribution in [0.15, 0.2) is 24.3 Å². The van der Waals surface area contributed by atoms with E-state index < -0.39 is 5.75 Å². The number of hydrogen-bond donors (Lipinski definition) is 4. The second-order valence-corrected chi connectivity index (χ2v) is 5.28. The van der Waals surface area contributed by atoms with Crippen LogP contribution in [-0.2, 0) is 6.54 Å². The lowest BCUT2D eigenvalue weighted by atomic mass is 10.1. The molecule has 0 fully saturated rings. The Labute approximate surface area is 128 Å². The van der Waals surface area contributed by atoms with Gasteiger partial charge in [0.1, 0.15) is 11.0 Å². The number of anilines is 1. The third-order valence-corrected chi connectivity index (χ3v) is 3.90. The van der Waals surface area contributed by atoms with Crippen LogP contribution in [0.2, 0.25) is 5.02 Å². The molecule has 8 heteroatoms. The first-order valence-electron chi connectivity index (χ1n) is 5.95. The second-order valence-electron chi connectivity index (χ2n) is 4.35. The van der Waals surface area contributed by atoms with Crippen molar-refractivity contribution in [3.63, 3.8) is 0 Å². The Morgan fingerprint density at radius 3 is 2.67 bits per heavy atom. The first-order chi connectivity index (χ1) is 10.1. The summed E-state index contributed by atoms with van der Waals surface area (Å²) in [5, 5.41) is 32.1. The normalized spacial score (nSPS) is 10.9. The zero-order valence-corrected chi connectivity index (χ0v) is 12.1. The average molecular weight is 324 g/mol. The summed E-state index contributed by atoms with van der Waals surface area (Å²) in [6, 6.07) is 6.29. The van der Waals surface area contributed by atoms with Crippen molar-refractivity contribution < 1.29 is 15.3 Å². The molecule has 108 valence electrons. The fourth-order valence-electron chi connectivity index (χ4n) is 1.93. The highest BCUT2D eigenvalue weighted by Crippen LogP contribution is 2.38. The summed E-state index contributed by atoms with van der Waals surface area (Å²) < 4.78 is 8.31. The molecule has 1 heterocycles. The van der Waals surface area contributed by atoms with Crippen LogP contribution in [-0.4, -0.2) is 24.1 Å². The van der Waals surface area contributed by atoms with Gasteiger partial charge in [0, 0.05) is 12.1 Å². The van der Waals surface area contributed by atoms with Gasteiger partial charge in [0.2, 0.25) is 5.75 Å². The van der Waals surface area contributed by atoms with Gasteiger partial charge in [0.25, 0.3) is 0 Å². The highest BCUT2D eigenvalue weighted by atomic mass is 35.5. The van der Waals surface area contributed by atoms with Gasteiger partial charge in [-0.1, -0.05) is 11.6 Å². The molecule has 0 saturated heterocycles. The topological polar surface area (TPSA) is 98.5 Å². The van der Waals surface area contributed by atoms with E-state index in [0.29, 0.717) is 21.8 Å². The van der Waals surface area contributed by atoms with Crippen LogP contribution < -0.4 is 5.32 Å². The van der Waals surface area contributed by atoms with E-state index in [4.69, 9.17) is 11.6 Å². The summed E-state index contributed by atoms with van der Waals surface area (Å²) in [7, 11) is 0. The highest BCUT2D eigenvalue weighted by Gasteiger charge is 2.13. The lowest BCUT2D eigenvalue weighted by Crippen LogP contribution is -2.01. The van der Waals surface area contributed by atoms with Crippen LogP contribution in [0.25, 0.3) is 11.0 Å². The van der Waals surface area contributed by atoms with Crippen LogP contribution in [0, 0.1) is 0 Å². The minimum atomic E-state index is -0.547. The van der Waals surface area contributed by atoms with Gasteiger partial charge in [0.05, 0.1) is 22.4 Å². The summed E-state index contributed by atoms with van der Waals surface area (Å²) in [5.74, 6) is -1.30. The standard InChI is InChI=1S/C13H10ClN3O3S/c14-7-2-3-8-11(17-21-16-8)10(7)15-5-6-1-4-9(18)13(20)12(6)19/h1-4,15,18-20H,5H2. The number of fused-ring (bicyclic) bond motifs is 1. The number of phenols is 3. The molecule has 0 aliphatic heterocycles. The maximum Gasteiger partial charge on any atom is 0.200 e. The van der Waals surface area contributed by atoms with Crippen LogP contribution in [0.4, 0.5) is 5.69 Å². The van der Waals surface area contributed by atoms with E-state index in [1.54, 1.807) is 12.1 Å². The van der Waals surface area contributed by atoms with Crippen LogP contribution in [0.5, 0.6) is 17.2 Å². The van der Waals surface area contributed by atoms with E-state index in [1.165, 1.54) is 12.1 Å². The van der Waals surface area contributed by atoms with Gasteiger partial charge in [-0.2, -0.15) is 8.75 Å². The van der Waals surface area contributed by atoms with Crippen LogP contribution in [0.3, 0.4) is 0 Å². The number of nitrogens with zero attached hydrogens (tertiary/aromatic N) is 2. The van der Waals surface area contributed by atoms with Crippen molar-refractivity contribution in [1.29, 1.82) is 0 Å². The zero-order chi connectivity index (χ0) is 15.0. The zero-order valence-electron chi connectivity index (χ0n) is 10.5. The summed E-state index contributed by atoms with van der Waals surface area (Å²) in [5.41, 5.74) is 2.40. The SMILES string of the molecule is Oc1ccc(CNc2c(Cl)ccc3nsnc23)c(O)c1O. The Morgan fingerprint density at radius 2 is 1.86 bits per heavy atom. The molecule has 4 N–H and O–H groups in total. The Kier molecular flexibility index (Phi) is 3.44. The third kappa shape index (κ3) is 2.41. The number of rotatable bonds is 3. The van der Waals surface area contributed by atoms with Crippen molar-refractivity contribution >= 4 is 40.0 Å². The summed E-state index contributed by atoms with van der Waals surface area (Å²) >= 11 is 7.23. The Morgan fingerprint density at radius 1 is 1.05 bits per heavy atom. The molecule has 1 aromatic heterocycles. The fourth-order valence-corrected chi connectivity index (χ4v) is 2.69. The van der Waals surface area contributed by atoms with Crippen molar-refractivity contribution in [3.8, 4) is 17.2 Å². The molecule has 0 unspecified atom stereocenters. The summed E-state index contributed by atoms with van der Waals surface area (Å²) in [6.07, 6.45) is 0. The molecular weight excluding hydrogens is 314 g/mol. The quantitative estimate of drug-likeness (QED) is 0.553. The molecule has 0 radical (unpaired) electrons. The first-order valence-corrected chi connectivity index (χ1v) is 7.06. The minimum absolute atomic E-state index is 0.204. The smallest absolute Gasteiger partial charge is 0.200 e. The predicted molar refractivity (Wildman–Crippen MR) is 81.2 cm³/mol. The Bertz CT molecular complexity index is 822. The van der Waals surface area contributed by atoms with Gasteiger partial charge in [-0.25, -0.2) is 0 Å². The number of aromatic nitrogens is 2. The molecule has 3 rings (SSSR count). The van der Waals surface area contributed by atoms with E-state index >= 15 is 0 Å². The minimum Gasteiger partial charge on any atom is -0.504 e. The fraction of sp³-hybridized carbons (Fsp3) is 0.0769. The maximum absolute atomic E-state index is 9.79. The second kappa shape index (κ2) is 5.27. The number of nitrogens with one attached hydrogen (secondary N) is 1. The number of halogens is 1. The molecule has 0 saturated carbocycles. The van der Waals surface area contributed by atoms with Gasteiger partial charge in [0.15, 0.2) is 11.5 Å². The van der Waals surface area contributed by atoms with Crippen molar-refractivity contribution in [2.24, 2.45) is 0 Å². The van der Waals surface area contributed by atoms with Crippen LogP contribution in [0.1, 0.15) is 5.56 Å². The van der Waals surface area contributed by atoms with Gasteiger partial charge in [-0.05, 0) is 24.3 Å². The largest absolute Gasteiger partial charge is 0.504 e. The number of hydrogen-bond acceptors (Lipinski definition) is 7. The predicted octanol–water partition coefficient (Wildman–Crippen LogP) is 3.07.